The van der Waals surface area contributed by atoms with E-state index >= 15 is 0 Å². The van der Waals surface area contributed by atoms with Crippen LogP contribution in [0.5, 0.6) is 0 Å². The molecule has 0 aliphatic carbocycles. The lowest BCUT2D eigenvalue weighted by molar-refractivity contribution is -0.147. The van der Waals surface area contributed by atoms with Crippen LogP contribution in [0.2, 0.25) is 0 Å². The summed E-state index contributed by atoms with van der Waals surface area (Å²) in [5.41, 5.74) is 6.62. The van der Waals surface area contributed by atoms with Crippen LogP contribution in [0.25, 0.3) is 0 Å². The molecule has 1 aromatic carbocycles. The summed E-state index contributed by atoms with van der Waals surface area (Å²) in [6, 6.07) is 2.49. The van der Waals surface area contributed by atoms with Crippen molar-refractivity contribution in [2.45, 2.75) is 49.9 Å². The number of carboxylic acids is 3. The number of aliphatic carboxylic acids is 3. The zero-order valence-corrected chi connectivity index (χ0v) is 20.0. The zero-order chi connectivity index (χ0) is 28.2. The fourth-order valence-corrected chi connectivity index (χ4v) is 3.36. The third-order valence-corrected chi connectivity index (χ3v) is 5.25. The van der Waals surface area contributed by atoms with Gasteiger partial charge in [0.2, 0.25) is 17.7 Å². The van der Waals surface area contributed by atoms with E-state index in [-0.39, 0.29) is 12.8 Å². The molecule has 4 atom stereocenters. The maximum Gasteiger partial charge on any atom is 0.326 e. The number of imidazole rings is 1. The Bertz CT molecular complexity index is 1140. The Morgan fingerprint density at radius 1 is 0.789 bits per heavy atom. The van der Waals surface area contributed by atoms with Crippen molar-refractivity contribution in [1.82, 2.24) is 25.9 Å². The van der Waals surface area contributed by atoms with Crippen molar-refractivity contribution in [2.75, 3.05) is 0 Å². The number of nitrogens with one attached hydrogen (secondary N) is 4. The molecule has 4 unspecified atom stereocenters. The van der Waals surface area contributed by atoms with Gasteiger partial charge in [0.15, 0.2) is 0 Å². The van der Waals surface area contributed by atoms with Gasteiger partial charge in [0, 0.05) is 24.7 Å². The number of hydrogen-bond donors (Lipinski definition) is 8. The molecular formula is C23H28N6O9. The molecule has 2 rings (SSSR count). The molecule has 0 radical (unpaired) electrons. The first-order chi connectivity index (χ1) is 18.0. The minimum absolute atomic E-state index is 0.0962. The summed E-state index contributed by atoms with van der Waals surface area (Å²) in [7, 11) is 0. The number of hydrogen-bond acceptors (Lipinski definition) is 8. The van der Waals surface area contributed by atoms with Gasteiger partial charge in [-0.05, 0) is 5.56 Å². The van der Waals surface area contributed by atoms with Gasteiger partial charge in [0.25, 0.3) is 0 Å². The average Bonchev–Trinajstić information content (AvgIpc) is 3.35. The summed E-state index contributed by atoms with van der Waals surface area (Å²) in [5, 5.41) is 34.1. The number of carbonyl (C=O) groups is 6. The van der Waals surface area contributed by atoms with Crippen molar-refractivity contribution in [1.29, 1.82) is 0 Å². The number of amides is 3. The highest BCUT2D eigenvalue weighted by molar-refractivity contribution is 5.95. The van der Waals surface area contributed by atoms with Crippen molar-refractivity contribution >= 4 is 35.6 Å². The van der Waals surface area contributed by atoms with Gasteiger partial charge in [-0.3, -0.25) is 24.0 Å². The monoisotopic (exact) mass is 532 g/mol. The van der Waals surface area contributed by atoms with Crippen LogP contribution in [0.4, 0.5) is 0 Å². The zero-order valence-electron chi connectivity index (χ0n) is 20.0. The van der Waals surface area contributed by atoms with Crippen molar-refractivity contribution in [3.8, 4) is 0 Å². The van der Waals surface area contributed by atoms with E-state index in [4.69, 9.17) is 15.9 Å². The van der Waals surface area contributed by atoms with Crippen molar-refractivity contribution in [2.24, 2.45) is 5.73 Å². The molecule has 0 saturated carbocycles. The molecule has 2 aromatic rings. The van der Waals surface area contributed by atoms with Crippen LogP contribution in [-0.2, 0) is 41.6 Å². The molecule has 15 nitrogen and oxygen atoms in total. The standard InChI is InChI=1S/C23H28N6O9/c24-14(8-18(30)31)20(34)27-16(7-13-10-25-11-26-13)22(36)28-15(6-12-4-2-1-3-5-12)21(35)29-17(23(37)38)9-19(32)33/h1-5,10-11,14-17H,6-9,24H2,(H,25,26)(H,27,34)(H,28,36)(H,29,35)(H,30,31)(H,32,33)(H,37,38). The third-order valence-electron chi connectivity index (χ3n) is 5.25. The maximum absolute atomic E-state index is 13.2. The molecule has 0 saturated heterocycles. The summed E-state index contributed by atoms with van der Waals surface area (Å²) < 4.78 is 0. The van der Waals surface area contributed by atoms with Gasteiger partial charge in [-0.25, -0.2) is 9.78 Å². The smallest absolute Gasteiger partial charge is 0.326 e. The van der Waals surface area contributed by atoms with Crippen LogP contribution < -0.4 is 21.7 Å². The van der Waals surface area contributed by atoms with Crippen molar-refractivity contribution in [3.05, 3.63) is 54.1 Å². The molecule has 1 aromatic heterocycles. The number of carbonyl (C=O) groups excluding carboxylic acids is 3. The molecule has 1 heterocycles. The molecule has 15 heteroatoms. The molecule has 0 aliphatic rings. The van der Waals surface area contributed by atoms with Crippen LogP contribution in [0, 0.1) is 0 Å². The lowest BCUT2D eigenvalue weighted by Gasteiger charge is -2.25. The highest BCUT2D eigenvalue weighted by Gasteiger charge is 2.32. The number of rotatable bonds is 15. The molecular weight excluding hydrogens is 504 g/mol. The number of aromatic amines is 1. The summed E-state index contributed by atoms with van der Waals surface area (Å²) in [6.45, 7) is 0. The Labute approximate surface area is 215 Å². The lowest BCUT2D eigenvalue weighted by Crippen LogP contribution is -2.58. The number of aromatic nitrogens is 2. The minimum Gasteiger partial charge on any atom is -0.481 e. The number of H-pyrrole nitrogens is 1. The van der Waals surface area contributed by atoms with E-state index in [9.17, 15) is 33.9 Å². The fraction of sp³-hybridized carbons (Fsp3) is 0.348. The van der Waals surface area contributed by atoms with Gasteiger partial charge in [-0.2, -0.15) is 0 Å². The van der Waals surface area contributed by atoms with E-state index in [0.29, 0.717) is 11.3 Å². The number of nitrogens with two attached hydrogens (primary N) is 1. The Hall–Kier alpha value is -4.79. The molecule has 0 bridgehead atoms. The van der Waals surface area contributed by atoms with Gasteiger partial charge in [0.1, 0.15) is 18.1 Å². The Kier molecular flexibility index (Phi) is 10.9. The normalized spacial score (nSPS) is 13.8. The molecule has 38 heavy (non-hydrogen) atoms. The second-order valence-electron chi connectivity index (χ2n) is 8.29. The van der Waals surface area contributed by atoms with Gasteiger partial charge >= 0.3 is 17.9 Å². The number of nitrogens with zero attached hydrogens (tertiary/aromatic N) is 1. The molecule has 0 fully saturated rings. The fourth-order valence-electron chi connectivity index (χ4n) is 3.36. The largest absolute Gasteiger partial charge is 0.481 e. The summed E-state index contributed by atoms with van der Waals surface area (Å²) in [5.74, 6) is -7.12. The van der Waals surface area contributed by atoms with E-state index in [1.165, 1.54) is 12.5 Å². The Balaban J connectivity index is 2.28. The third kappa shape index (κ3) is 9.69. The molecule has 204 valence electrons. The van der Waals surface area contributed by atoms with Crippen molar-refractivity contribution < 1.29 is 44.1 Å². The van der Waals surface area contributed by atoms with E-state index in [1.54, 1.807) is 30.3 Å². The van der Waals surface area contributed by atoms with E-state index in [2.05, 4.69) is 25.9 Å². The molecule has 3 amide bonds. The molecule has 9 N–H and O–H groups in total. The Morgan fingerprint density at radius 3 is 1.87 bits per heavy atom. The SMILES string of the molecule is NC(CC(=O)O)C(=O)NC(Cc1cnc[nH]1)C(=O)NC(Cc1ccccc1)C(=O)NC(CC(=O)O)C(=O)O. The molecule has 0 aliphatic heterocycles. The lowest BCUT2D eigenvalue weighted by atomic mass is 10.0. The first kappa shape index (κ1) is 29.4. The minimum atomic E-state index is -1.76. The number of benzene rings is 1. The van der Waals surface area contributed by atoms with Gasteiger partial charge in [-0.1, -0.05) is 30.3 Å². The molecule has 0 spiro atoms. The first-order valence-electron chi connectivity index (χ1n) is 11.3. The second-order valence-corrected chi connectivity index (χ2v) is 8.29. The summed E-state index contributed by atoms with van der Waals surface area (Å²) in [4.78, 5) is 78.7. The topological polar surface area (TPSA) is 254 Å². The maximum atomic E-state index is 13.2. The van der Waals surface area contributed by atoms with E-state index in [1.807, 2.05) is 0 Å². The summed E-state index contributed by atoms with van der Waals surface area (Å²) in [6.07, 6.45) is 0.912. The van der Waals surface area contributed by atoms with Gasteiger partial charge in [0.05, 0.1) is 25.2 Å². The van der Waals surface area contributed by atoms with E-state index in [0.717, 1.165) is 0 Å². The average molecular weight is 533 g/mol. The van der Waals surface area contributed by atoms with E-state index < -0.39 is 72.6 Å². The quantitative estimate of drug-likeness (QED) is 0.125. The highest BCUT2D eigenvalue weighted by Crippen LogP contribution is 2.07. The van der Waals surface area contributed by atoms with Crippen LogP contribution in [0.15, 0.2) is 42.9 Å². The van der Waals surface area contributed by atoms with Crippen molar-refractivity contribution in [3.63, 3.8) is 0 Å². The predicted octanol–water partition coefficient (Wildman–Crippen LogP) is -1.99. The summed E-state index contributed by atoms with van der Waals surface area (Å²) >= 11 is 0. The predicted molar refractivity (Wildman–Crippen MR) is 128 cm³/mol. The second kappa shape index (κ2) is 14.1. The number of carboxylic acid groups (broad SMARTS) is 3. The van der Waals surface area contributed by atoms with Gasteiger partial charge in [-0.15, -0.1) is 0 Å². The Morgan fingerprint density at radius 2 is 1.34 bits per heavy atom. The van der Waals surface area contributed by atoms with Crippen LogP contribution >= 0.6 is 0 Å². The highest BCUT2D eigenvalue weighted by atomic mass is 16.4. The first-order valence-corrected chi connectivity index (χ1v) is 11.3. The van der Waals surface area contributed by atoms with Crippen LogP contribution in [-0.4, -0.2) is 85.1 Å². The van der Waals surface area contributed by atoms with Gasteiger partial charge < -0.3 is 42.0 Å². The van der Waals surface area contributed by atoms with Crippen LogP contribution in [0.1, 0.15) is 24.1 Å². The van der Waals surface area contributed by atoms with Crippen LogP contribution in [0.3, 0.4) is 0 Å².